The van der Waals surface area contributed by atoms with Gasteiger partial charge in [-0.15, -0.1) is 0 Å². The highest BCUT2D eigenvalue weighted by Crippen LogP contribution is 2.27. The van der Waals surface area contributed by atoms with Gasteiger partial charge in [0.15, 0.2) is 0 Å². The zero-order valence-corrected chi connectivity index (χ0v) is 15.6. The zero-order chi connectivity index (χ0) is 17.1. The van der Waals surface area contributed by atoms with Crippen molar-refractivity contribution in [2.75, 3.05) is 49.5 Å². The molecule has 3 aliphatic heterocycles. The van der Waals surface area contributed by atoms with Gasteiger partial charge in [-0.2, -0.15) is 0 Å². The van der Waals surface area contributed by atoms with Crippen molar-refractivity contribution in [3.05, 3.63) is 24.3 Å². The first-order valence-electron chi connectivity index (χ1n) is 10.2. The van der Waals surface area contributed by atoms with E-state index < -0.39 is 0 Å². The average molecular weight is 344 g/mol. The Kier molecular flexibility index (Phi) is 5.47. The van der Waals surface area contributed by atoms with Gasteiger partial charge in [-0.05, 0) is 56.2 Å². The minimum Gasteiger partial charge on any atom is -0.382 e. The van der Waals surface area contributed by atoms with Crippen LogP contribution in [0.5, 0.6) is 0 Å². The summed E-state index contributed by atoms with van der Waals surface area (Å²) in [6, 6.07) is 9.61. The van der Waals surface area contributed by atoms with E-state index in [2.05, 4.69) is 46.3 Å². The number of hydrogen-bond donors (Lipinski definition) is 1. The molecule has 1 N–H and O–H groups in total. The van der Waals surface area contributed by atoms with E-state index in [1.54, 1.807) is 0 Å². The van der Waals surface area contributed by atoms with Gasteiger partial charge in [0.25, 0.3) is 0 Å². The molecule has 0 unspecified atom stereocenters. The molecule has 4 nitrogen and oxygen atoms in total. The maximum Gasteiger partial charge on any atom is 0.0702 e. The third-order valence-electron chi connectivity index (χ3n) is 6.14. The Balaban J connectivity index is 1.31. The smallest absolute Gasteiger partial charge is 0.0702 e. The summed E-state index contributed by atoms with van der Waals surface area (Å²) in [4.78, 5) is 5.12. The monoisotopic (exact) mass is 343 g/mol. The molecule has 3 atom stereocenters. The summed E-state index contributed by atoms with van der Waals surface area (Å²) in [7, 11) is 0. The van der Waals surface area contributed by atoms with E-state index in [0.717, 1.165) is 13.2 Å². The normalized spacial score (nSPS) is 30.8. The number of ether oxygens (including phenoxy) is 1. The van der Waals surface area contributed by atoms with E-state index in [4.69, 9.17) is 4.74 Å². The molecule has 4 heteroatoms. The molecule has 3 fully saturated rings. The van der Waals surface area contributed by atoms with Gasteiger partial charge in [0, 0.05) is 56.7 Å². The maximum atomic E-state index is 5.81. The van der Waals surface area contributed by atoms with E-state index in [1.165, 1.54) is 69.7 Å². The Morgan fingerprint density at radius 1 is 1.12 bits per heavy atom. The predicted molar refractivity (Wildman–Crippen MR) is 104 cm³/mol. The summed E-state index contributed by atoms with van der Waals surface area (Å²) in [5, 5.41) is 3.82. The second-order valence-electron chi connectivity index (χ2n) is 8.16. The molecule has 0 aromatic heterocycles. The number of nitrogens with zero attached hydrogens (tertiary/aromatic N) is 2. The molecule has 1 aromatic rings. The molecule has 0 amide bonds. The lowest BCUT2D eigenvalue weighted by Gasteiger charge is -2.38. The van der Waals surface area contributed by atoms with E-state index in [0.29, 0.717) is 18.1 Å². The predicted octanol–water partition coefficient (Wildman–Crippen LogP) is 3.59. The number of hydrogen-bond acceptors (Lipinski definition) is 4. The van der Waals surface area contributed by atoms with Crippen LogP contribution in [0.15, 0.2) is 24.3 Å². The molecule has 138 valence electrons. The van der Waals surface area contributed by atoms with Gasteiger partial charge in [-0.1, -0.05) is 13.0 Å². The lowest BCUT2D eigenvalue weighted by Crippen LogP contribution is -2.47. The second kappa shape index (κ2) is 7.96. The van der Waals surface area contributed by atoms with Crippen LogP contribution in [0.25, 0.3) is 0 Å². The first kappa shape index (κ1) is 17.2. The van der Waals surface area contributed by atoms with Crippen molar-refractivity contribution in [1.29, 1.82) is 0 Å². The van der Waals surface area contributed by atoms with Gasteiger partial charge in [0.2, 0.25) is 0 Å². The summed E-state index contributed by atoms with van der Waals surface area (Å²) >= 11 is 0. The fourth-order valence-electron chi connectivity index (χ4n) is 4.67. The number of anilines is 2. The highest BCUT2D eigenvalue weighted by atomic mass is 16.5. The Bertz CT molecular complexity index is 552. The quantitative estimate of drug-likeness (QED) is 0.884. The summed E-state index contributed by atoms with van der Waals surface area (Å²) in [6.07, 6.45) is 6.85. The van der Waals surface area contributed by atoms with Crippen molar-refractivity contribution in [1.82, 2.24) is 4.90 Å². The van der Waals surface area contributed by atoms with Crippen LogP contribution in [0.3, 0.4) is 0 Å². The third-order valence-corrected chi connectivity index (χ3v) is 6.14. The molecule has 0 spiro atoms. The van der Waals surface area contributed by atoms with Crippen LogP contribution in [0, 0.1) is 5.92 Å². The molecular weight excluding hydrogens is 310 g/mol. The van der Waals surface area contributed by atoms with Crippen LogP contribution in [0.2, 0.25) is 0 Å². The minimum atomic E-state index is 0.480. The van der Waals surface area contributed by atoms with Gasteiger partial charge in [0.1, 0.15) is 0 Å². The van der Waals surface area contributed by atoms with Crippen LogP contribution in [-0.2, 0) is 4.74 Å². The largest absolute Gasteiger partial charge is 0.382 e. The highest BCUT2D eigenvalue weighted by Gasteiger charge is 2.28. The molecule has 0 saturated carbocycles. The van der Waals surface area contributed by atoms with Crippen molar-refractivity contribution < 1.29 is 4.74 Å². The molecule has 3 heterocycles. The van der Waals surface area contributed by atoms with E-state index >= 15 is 0 Å². The summed E-state index contributed by atoms with van der Waals surface area (Å²) < 4.78 is 5.81. The van der Waals surface area contributed by atoms with Crippen molar-refractivity contribution in [3.8, 4) is 0 Å². The van der Waals surface area contributed by atoms with Crippen molar-refractivity contribution in [3.63, 3.8) is 0 Å². The number of benzene rings is 1. The second-order valence-corrected chi connectivity index (χ2v) is 8.16. The van der Waals surface area contributed by atoms with Gasteiger partial charge in [-0.3, -0.25) is 0 Å². The van der Waals surface area contributed by atoms with Crippen molar-refractivity contribution in [2.45, 2.75) is 51.2 Å². The molecular formula is C21H33N3O. The van der Waals surface area contributed by atoms with Gasteiger partial charge < -0.3 is 19.9 Å². The molecule has 0 bridgehead atoms. The topological polar surface area (TPSA) is 27.7 Å². The summed E-state index contributed by atoms with van der Waals surface area (Å²) in [5.41, 5.74) is 2.67. The maximum absolute atomic E-state index is 5.81. The zero-order valence-electron chi connectivity index (χ0n) is 15.6. The van der Waals surface area contributed by atoms with Crippen LogP contribution >= 0.6 is 0 Å². The summed E-state index contributed by atoms with van der Waals surface area (Å²) in [5.74, 6) is 0.672. The van der Waals surface area contributed by atoms with E-state index in [1.807, 2.05) is 0 Å². The SMILES string of the molecule is C[C@@H]1CN(C[C@H]2CCCO2)CC[C@@H]1Nc1cccc(N2CCCC2)c1. The van der Waals surface area contributed by atoms with Crippen LogP contribution in [0.4, 0.5) is 11.4 Å². The number of likely N-dealkylation sites (tertiary alicyclic amines) is 1. The van der Waals surface area contributed by atoms with E-state index in [9.17, 15) is 0 Å². The highest BCUT2D eigenvalue weighted by molar-refractivity contribution is 5.58. The van der Waals surface area contributed by atoms with Crippen LogP contribution in [-0.4, -0.2) is 56.4 Å². The van der Waals surface area contributed by atoms with Gasteiger partial charge in [-0.25, -0.2) is 0 Å². The molecule has 3 aliphatic rings. The standard InChI is InChI=1S/C21H33N3O/c1-17-15-23(16-20-8-5-13-25-20)12-9-21(17)22-18-6-4-7-19(14-18)24-10-2-3-11-24/h4,6-7,14,17,20-22H,2-3,5,8-13,15-16H2,1H3/t17-,20-,21+/m1/s1. The summed E-state index contributed by atoms with van der Waals surface area (Å²) in [6.45, 7) is 9.27. The Labute approximate surface area is 152 Å². The Morgan fingerprint density at radius 3 is 2.76 bits per heavy atom. The molecule has 25 heavy (non-hydrogen) atoms. The number of piperidine rings is 1. The molecule has 0 aliphatic carbocycles. The fourth-order valence-corrected chi connectivity index (χ4v) is 4.67. The van der Waals surface area contributed by atoms with Gasteiger partial charge in [0.05, 0.1) is 6.10 Å². The Morgan fingerprint density at radius 2 is 2.00 bits per heavy atom. The molecule has 0 radical (unpaired) electrons. The lowest BCUT2D eigenvalue weighted by molar-refractivity contribution is 0.0563. The van der Waals surface area contributed by atoms with Crippen molar-refractivity contribution >= 4 is 11.4 Å². The minimum absolute atomic E-state index is 0.480. The number of rotatable bonds is 5. The van der Waals surface area contributed by atoms with Crippen LogP contribution in [0.1, 0.15) is 39.0 Å². The lowest BCUT2D eigenvalue weighted by atomic mass is 9.93. The number of nitrogens with one attached hydrogen (secondary N) is 1. The molecule has 3 saturated heterocycles. The average Bonchev–Trinajstić information content (AvgIpc) is 3.31. The fraction of sp³-hybridized carbons (Fsp3) is 0.714. The molecule has 1 aromatic carbocycles. The third kappa shape index (κ3) is 4.29. The Hall–Kier alpha value is -1.26. The van der Waals surface area contributed by atoms with Crippen LogP contribution < -0.4 is 10.2 Å². The first-order valence-corrected chi connectivity index (χ1v) is 10.2. The van der Waals surface area contributed by atoms with Crippen molar-refractivity contribution in [2.24, 2.45) is 5.92 Å². The molecule has 4 rings (SSSR count). The van der Waals surface area contributed by atoms with Gasteiger partial charge >= 0.3 is 0 Å². The first-order chi connectivity index (χ1) is 12.3. The van der Waals surface area contributed by atoms with E-state index in [-0.39, 0.29) is 0 Å².